The van der Waals surface area contributed by atoms with Crippen LogP contribution < -0.4 is 10.1 Å². The Hall–Kier alpha value is -3.42. The normalized spacial score (nSPS) is 10.5. The van der Waals surface area contributed by atoms with Crippen molar-refractivity contribution < 1.29 is 24.4 Å². The summed E-state index contributed by atoms with van der Waals surface area (Å²) in [6, 6.07) is 9.13. The van der Waals surface area contributed by atoms with E-state index in [9.17, 15) is 19.7 Å². The van der Waals surface area contributed by atoms with Crippen LogP contribution in [0.15, 0.2) is 36.4 Å². The summed E-state index contributed by atoms with van der Waals surface area (Å²) in [6.07, 6.45) is 0. The Morgan fingerprint density at radius 1 is 1.22 bits per heavy atom. The van der Waals surface area contributed by atoms with E-state index in [1.54, 1.807) is 31.2 Å². The molecule has 0 saturated carbocycles. The van der Waals surface area contributed by atoms with Crippen LogP contribution in [0.4, 0.5) is 11.4 Å². The fraction of sp³-hybridized carbons (Fsp3) is 0.263. The van der Waals surface area contributed by atoms with Gasteiger partial charge in [0.25, 0.3) is 11.6 Å². The highest BCUT2D eigenvalue weighted by atomic mass is 16.6. The number of amides is 1. The van der Waals surface area contributed by atoms with E-state index in [-0.39, 0.29) is 17.2 Å². The van der Waals surface area contributed by atoms with E-state index in [4.69, 9.17) is 9.84 Å². The summed E-state index contributed by atoms with van der Waals surface area (Å²) in [6.45, 7) is 4.96. The summed E-state index contributed by atoms with van der Waals surface area (Å²) in [4.78, 5) is 33.8. The zero-order valence-corrected chi connectivity index (χ0v) is 15.2. The molecule has 2 aromatic rings. The maximum absolute atomic E-state index is 12.5. The molecule has 142 valence electrons. The fourth-order valence-electron chi connectivity index (χ4n) is 2.54. The summed E-state index contributed by atoms with van der Waals surface area (Å²) in [5.74, 6) is -1.24. The topological polar surface area (TPSA) is 119 Å². The lowest BCUT2D eigenvalue weighted by Gasteiger charge is -2.12. The number of rotatable bonds is 7. The summed E-state index contributed by atoms with van der Waals surface area (Å²) in [5, 5.41) is 22.6. The molecule has 2 aromatic carbocycles. The average molecular weight is 372 g/mol. The molecule has 0 atom stereocenters. The van der Waals surface area contributed by atoms with Gasteiger partial charge in [-0.15, -0.1) is 0 Å². The van der Waals surface area contributed by atoms with E-state index >= 15 is 0 Å². The third kappa shape index (κ3) is 5.04. The van der Waals surface area contributed by atoms with Crippen LogP contribution in [0.5, 0.6) is 5.75 Å². The van der Waals surface area contributed by atoms with Gasteiger partial charge in [0.2, 0.25) is 0 Å². The molecule has 0 heterocycles. The molecule has 0 aliphatic carbocycles. The van der Waals surface area contributed by atoms with Crippen molar-refractivity contribution in [3.05, 3.63) is 63.2 Å². The van der Waals surface area contributed by atoms with E-state index in [0.29, 0.717) is 22.6 Å². The number of aliphatic carboxylic acids is 1. The van der Waals surface area contributed by atoms with Crippen molar-refractivity contribution in [2.45, 2.75) is 26.7 Å². The van der Waals surface area contributed by atoms with Crippen molar-refractivity contribution in [2.75, 3.05) is 11.9 Å². The lowest BCUT2D eigenvalue weighted by Crippen LogP contribution is -2.14. The number of carbonyl (C=O) groups is 2. The minimum absolute atomic E-state index is 0.0388. The molecule has 0 saturated heterocycles. The third-order valence-electron chi connectivity index (χ3n) is 3.92. The van der Waals surface area contributed by atoms with Gasteiger partial charge in [-0.2, -0.15) is 0 Å². The van der Waals surface area contributed by atoms with E-state index in [0.717, 1.165) is 0 Å². The zero-order chi connectivity index (χ0) is 20.1. The molecule has 8 heteroatoms. The minimum Gasteiger partial charge on any atom is -0.482 e. The van der Waals surface area contributed by atoms with Crippen molar-refractivity contribution in [1.82, 2.24) is 0 Å². The maximum Gasteiger partial charge on any atom is 0.341 e. The Balaban J connectivity index is 2.21. The molecule has 1 amide bonds. The van der Waals surface area contributed by atoms with Crippen LogP contribution >= 0.6 is 0 Å². The number of hydrogen-bond acceptors (Lipinski definition) is 5. The first-order valence-electron chi connectivity index (χ1n) is 8.24. The molecule has 2 N–H and O–H groups in total. The second-order valence-corrected chi connectivity index (χ2v) is 6.30. The van der Waals surface area contributed by atoms with Crippen LogP contribution in [0, 0.1) is 17.0 Å². The van der Waals surface area contributed by atoms with Crippen LogP contribution in [-0.2, 0) is 4.79 Å². The summed E-state index contributed by atoms with van der Waals surface area (Å²) in [5.41, 5.74) is 1.81. The van der Waals surface area contributed by atoms with Crippen LogP contribution in [0.2, 0.25) is 0 Å². The third-order valence-corrected chi connectivity index (χ3v) is 3.92. The molecule has 0 spiro atoms. The maximum atomic E-state index is 12.5. The number of anilines is 1. The highest BCUT2D eigenvalue weighted by Gasteiger charge is 2.19. The van der Waals surface area contributed by atoms with Crippen molar-refractivity contribution in [1.29, 1.82) is 0 Å². The van der Waals surface area contributed by atoms with Crippen molar-refractivity contribution >= 4 is 23.3 Å². The number of benzene rings is 2. The number of ether oxygens (including phenoxy) is 1. The zero-order valence-electron chi connectivity index (χ0n) is 15.2. The average Bonchev–Trinajstić information content (AvgIpc) is 2.61. The van der Waals surface area contributed by atoms with E-state index in [2.05, 4.69) is 5.32 Å². The Kier molecular flexibility index (Phi) is 6.12. The molecule has 0 aliphatic rings. The highest BCUT2D eigenvalue weighted by Crippen LogP contribution is 2.28. The van der Waals surface area contributed by atoms with Crippen molar-refractivity contribution in [3.8, 4) is 5.75 Å². The van der Waals surface area contributed by atoms with Gasteiger partial charge in [-0.1, -0.05) is 19.9 Å². The first-order valence-corrected chi connectivity index (χ1v) is 8.24. The van der Waals surface area contributed by atoms with Crippen molar-refractivity contribution in [3.63, 3.8) is 0 Å². The lowest BCUT2D eigenvalue weighted by molar-refractivity contribution is -0.385. The van der Waals surface area contributed by atoms with Gasteiger partial charge in [-0.25, -0.2) is 4.79 Å². The monoisotopic (exact) mass is 372 g/mol. The van der Waals surface area contributed by atoms with Crippen LogP contribution in [0.25, 0.3) is 0 Å². The second kappa shape index (κ2) is 8.31. The number of nitro benzene ring substituents is 1. The first-order chi connectivity index (χ1) is 12.7. The van der Waals surface area contributed by atoms with Gasteiger partial charge < -0.3 is 15.2 Å². The van der Waals surface area contributed by atoms with Crippen LogP contribution in [0.1, 0.15) is 41.3 Å². The number of carboxylic acid groups (broad SMARTS) is 1. The Morgan fingerprint density at radius 2 is 1.93 bits per heavy atom. The molecule has 27 heavy (non-hydrogen) atoms. The largest absolute Gasteiger partial charge is 0.482 e. The van der Waals surface area contributed by atoms with Gasteiger partial charge in [-0.3, -0.25) is 14.9 Å². The molecule has 0 fully saturated rings. The van der Waals surface area contributed by atoms with Gasteiger partial charge in [0.1, 0.15) is 5.75 Å². The number of carboxylic acids is 1. The second-order valence-electron chi connectivity index (χ2n) is 6.30. The van der Waals surface area contributed by atoms with E-state index in [1.807, 2.05) is 13.8 Å². The Bertz CT molecular complexity index is 892. The Labute approximate surface area is 155 Å². The van der Waals surface area contributed by atoms with E-state index < -0.39 is 23.4 Å². The van der Waals surface area contributed by atoms with E-state index in [1.165, 1.54) is 12.1 Å². The van der Waals surface area contributed by atoms with Gasteiger partial charge in [0, 0.05) is 22.9 Å². The fourth-order valence-corrected chi connectivity index (χ4v) is 2.54. The molecule has 0 bridgehead atoms. The number of aryl methyl sites for hydroxylation is 1. The van der Waals surface area contributed by atoms with Gasteiger partial charge >= 0.3 is 5.97 Å². The lowest BCUT2D eigenvalue weighted by atomic mass is 9.99. The molecule has 0 unspecified atom stereocenters. The molecule has 0 radical (unpaired) electrons. The predicted octanol–water partition coefficient (Wildman–Crippen LogP) is 3.74. The molecule has 2 rings (SSSR count). The summed E-state index contributed by atoms with van der Waals surface area (Å²) in [7, 11) is 0. The van der Waals surface area contributed by atoms with Crippen LogP contribution in [-0.4, -0.2) is 28.5 Å². The number of nitrogens with zero attached hydrogens (tertiary/aromatic N) is 1. The number of hydrogen-bond donors (Lipinski definition) is 2. The van der Waals surface area contributed by atoms with Gasteiger partial charge in [0.15, 0.2) is 6.61 Å². The first kappa shape index (κ1) is 19.9. The predicted molar refractivity (Wildman–Crippen MR) is 99.4 cm³/mol. The highest BCUT2D eigenvalue weighted by molar-refractivity contribution is 6.05. The van der Waals surface area contributed by atoms with Gasteiger partial charge in [0.05, 0.1) is 4.92 Å². The van der Waals surface area contributed by atoms with Gasteiger partial charge in [-0.05, 0) is 42.7 Å². The molecule has 0 aromatic heterocycles. The standard InChI is InChI=1S/C19H20N2O6/c1-11(2)15-6-4-13(9-17(15)21(25)26)19(24)20-16-7-5-14(8-12(16)3)27-10-18(22)23/h4-9,11H,10H2,1-3H3,(H,20,24)(H,22,23). The quantitative estimate of drug-likeness (QED) is 0.564. The summed E-state index contributed by atoms with van der Waals surface area (Å²) >= 11 is 0. The molecule has 0 aliphatic heterocycles. The molecular formula is C19H20N2O6. The smallest absolute Gasteiger partial charge is 0.341 e. The minimum atomic E-state index is -1.09. The SMILES string of the molecule is Cc1cc(OCC(=O)O)ccc1NC(=O)c1ccc(C(C)C)c([N+](=O)[O-])c1. The number of nitrogens with one attached hydrogen (secondary N) is 1. The molecule has 8 nitrogen and oxygen atoms in total. The van der Waals surface area contributed by atoms with Crippen LogP contribution in [0.3, 0.4) is 0 Å². The number of carbonyl (C=O) groups excluding carboxylic acids is 1. The van der Waals surface area contributed by atoms with Crippen molar-refractivity contribution in [2.24, 2.45) is 0 Å². The number of nitro groups is 1. The molecular weight excluding hydrogens is 352 g/mol. The summed E-state index contributed by atoms with van der Waals surface area (Å²) < 4.78 is 5.08. The Morgan fingerprint density at radius 3 is 2.48 bits per heavy atom.